The second-order valence-corrected chi connectivity index (χ2v) is 3.69. The van der Waals surface area contributed by atoms with Crippen molar-refractivity contribution in [3.63, 3.8) is 0 Å². The topological polar surface area (TPSA) is 12.4 Å². The molecular formula is C9H11Cl2N. The summed E-state index contributed by atoms with van der Waals surface area (Å²) >= 11 is 11.4. The van der Waals surface area contributed by atoms with E-state index in [9.17, 15) is 0 Å². The van der Waals surface area contributed by atoms with E-state index in [0.717, 1.165) is 18.4 Å². The zero-order valence-electron chi connectivity index (χ0n) is 7.03. The van der Waals surface area contributed by atoms with Crippen LogP contribution in [0.5, 0.6) is 0 Å². The first-order valence-corrected chi connectivity index (χ1v) is 4.64. The summed E-state index contributed by atoms with van der Waals surface area (Å²) < 4.78 is 0. The minimum atomic E-state index is 0.243. The van der Waals surface area contributed by atoms with Crippen LogP contribution < -0.4 is 0 Å². The molecule has 1 aliphatic rings. The molecule has 3 heteroatoms. The summed E-state index contributed by atoms with van der Waals surface area (Å²) in [7, 11) is 0. The van der Waals surface area contributed by atoms with Gasteiger partial charge in [0.15, 0.2) is 0 Å². The molecule has 1 nitrogen and oxygen atoms in total. The zero-order chi connectivity index (χ0) is 9.14. The largest absolute Gasteiger partial charge is 0.225 e. The minimum Gasteiger partial charge on any atom is -0.225 e. The molecule has 0 atom stereocenters. The van der Waals surface area contributed by atoms with Crippen molar-refractivity contribution in [3.05, 3.63) is 22.9 Å². The van der Waals surface area contributed by atoms with E-state index in [1.54, 1.807) is 0 Å². The average molecular weight is 204 g/mol. The number of rotatable bonds is 2. The molecule has 0 unspecified atom stereocenters. The Bertz CT molecular complexity index is 264. The number of nitrogens with zero attached hydrogens (tertiary/aromatic N) is 1. The van der Waals surface area contributed by atoms with E-state index in [1.807, 2.05) is 0 Å². The number of hydrogen-bond donors (Lipinski definition) is 0. The SMILES string of the molecule is C=C(Cl)/N=C(/Cl)C1=C(C)CCC1. The highest BCUT2D eigenvalue weighted by Gasteiger charge is 2.14. The number of hydrogen-bond acceptors (Lipinski definition) is 1. The molecule has 0 aromatic heterocycles. The minimum absolute atomic E-state index is 0.243. The maximum absolute atomic E-state index is 5.92. The van der Waals surface area contributed by atoms with Gasteiger partial charge in [0.05, 0.1) is 0 Å². The maximum Gasteiger partial charge on any atom is 0.133 e. The maximum atomic E-state index is 5.92. The molecule has 0 aliphatic heterocycles. The van der Waals surface area contributed by atoms with Gasteiger partial charge in [-0.3, -0.25) is 0 Å². The van der Waals surface area contributed by atoms with E-state index in [4.69, 9.17) is 23.2 Å². The van der Waals surface area contributed by atoms with Crippen molar-refractivity contribution in [1.29, 1.82) is 0 Å². The number of allylic oxidation sites excluding steroid dienone is 2. The molecule has 0 saturated heterocycles. The van der Waals surface area contributed by atoms with E-state index in [1.165, 1.54) is 12.0 Å². The van der Waals surface area contributed by atoms with Crippen molar-refractivity contribution >= 4 is 28.4 Å². The molecule has 1 rings (SSSR count). The van der Waals surface area contributed by atoms with Gasteiger partial charge in [0.1, 0.15) is 10.3 Å². The summed E-state index contributed by atoms with van der Waals surface area (Å²) in [5.74, 6) is 0. The highest BCUT2D eigenvalue weighted by molar-refractivity contribution is 6.70. The first-order valence-electron chi connectivity index (χ1n) is 3.89. The molecule has 0 radical (unpaired) electrons. The quantitative estimate of drug-likeness (QED) is 0.478. The van der Waals surface area contributed by atoms with Gasteiger partial charge in [0.2, 0.25) is 0 Å². The van der Waals surface area contributed by atoms with Crippen LogP contribution in [-0.2, 0) is 0 Å². The smallest absolute Gasteiger partial charge is 0.133 e. The van der Waals surface area contributed by atoms with E-state index < -0.39 is 0 Å². The summed E-state index contributed by atoms with van der Waals surface area (Å²) in [5, 5.41) is 0.747. The van der Waals surface area contributed by atoms with Crippen molar-refractivity contribution in [2.75, 3.05) is 0 Å². The zero-order valence-corrected chi connectivity index (χ0v) is 8.54. The van der Waals surface area contributed by atoms with Crippen LogP contribution in [0.4, 0.5) is 0 Å². The molecule has 0 amide bonds. The molecular weight excluding hydrogens is 193 g/mol. The third kappa shape index (κ3) is 2.36. The number of halogens is 2. The Balaban J connectivity index is 2.83. The van der Waals surface area contributed by atoms with Gasteiger partial charge in [0.25, 0.3) is 0 Å². The Hall–Kier alpha value is -0.270. The Labute approximate surface area is 82.8 Å². The third-order valence-electron chi connectivity index (χ3n) is 1.96. The fraction of sp³-hybridized carbons (Fsp3) is 0.444. The predicted molar refractivity (Wildman–Crippen MR) is 54.8 cm³/mol. The molecule has 0 bridgehead atoms. The predicted octanol–water partition coefficient (Wildman–Crippen LogP) is 3.83. The van der Waals surface area contributed by atoms with Crippen LogP contribution in [0.2, 0.25) is 0 Å². The van der Waals surface area contributed by atoms with E-state index in [2.05, 4.69) is 18.5 Å². The lowest BCUT2D eigenvalue weighted by molar-refractivity contribution is 0.902. The first-order chi connectivity index (χ1) is 5.61. The van der Waals surface area contributed by atoms with E-state index in [-0.39, 0.29) is 5.16 Å². The highest BCUT2D eigenvalue weighted by Crippen LogP contribution is 2.28. The van der Waals surface area contributed by atoms with Crippen molar-refractivity contribution in [2.45, 2.75) is 26.2 Å². The van der Waals surface area contributed by atoms with Crippen molar-refractivity contribution < 1.29 is 0 Å². The van der Waals surface area contributed by atoms with Gasteiger partial charge in [-0.1, -0.05) is 35.4 Å². The van der Waals surface area contributed by atoms with Gasteiger partial charge < -0.3 is 0 Å². The van der Waals surface area contributed by atoms with Gasteiger partial charge in [-0.2, -0.15) is 0 Å². The van der Waals surface area contributed by atoms with Crippen molar-refractivity contribution in [1.82, 2.24) is 0 Å². The molecule has 0 saturated carbocycles. The second kappa shape index (κ2) is 4.11. The molecule has 12 heavy (non-hydrogen) atoms. The fourth-order valence-electron chi connectivity index (χ4n) is 1.35. The van der Waals surface area contributed by atoms with Gasteiger partial charge in [-0.15, -0.1) is 0 Å². The summed E-state index contributed by atoms with van der Waals surface area (Å²) in [6.45, 7) is 5.54. The van der Waals surface area contributed by atoms with Crippen molar-refractivity contribution in [2.24, 2.45) is 4.99 Å². The van der Waals surface area contributed by atoms with Crippen LogP contribution >= 0.6 is 23.2 Å². The first kappa shape index (κ1) is 9.82. The molecule has 1 aliphatic carbocycles. The van der Waals surface area contributed by atoms with Gasteiger partial charge in [-0.05, 0) is 31.8 Å². The monoisotopic (exact) mass is 203 g/mol. The lowest BCUT2D eigenvalue weighted by atomic mass is 10.2. The summed E-state index contributed by atoms with van der Waals surface area (Å²) in [5.41, 5.74) is 2.46. The van der Waals surface area contributed by atoms with Crippen LogP contribution in [0.25, 0.3) is 0 Å². The van der Waals surface area contributed by atoms with E-state index >= 15 is 0 Å². The second-order valence-electron chi connectivity index (χ2n) is 2.89. The Kier molecular flexibility index (Phi) is 3.36. The standard InChI is InChI=1S/C9H11Cl2N/c1-6-4-3-5-8(6)9(11)12-7(2)10/h2-5H2,1H3/b12-9+. The average Bonchev–Trinajstić information content (AvgIpc) is 2.33. The fourth-order valence-corrected chi connectivity index (χ4v) is 1.83. The summed E-state index contributed by atoms with van der Waals surface area (Å²) in [6.07, 6.45) is 3.30. The molecule has 0 spiro atoms. The van der Waals surface area contributed by atoms with E-state index in [0.29, 0.717) is 5.17 Å². The highest BCUT2D eigenvalue weighted by atomic mass is 35.5. The normalized spacial score (nSPS) is 18.8. The molecule has 0 aromatic rings. The lowest BCUT2D eigenvalue weighted by Gasteiger charge is -1.99. The summed E-state index contributed by atoms with van der Waals surface area (Å²) in [6, 6.07) is 0. The Morgan fingerprint density at radius 1 is 1.42 bits per heavy atom. The van der Waals surface area contributed by atoms with Gasteiger partial charge in [0, 0.05) is 0 Å². The molecule has 0 heterocycles. The molecule has 0 N–H and O–H groups in total. The summed E-state index contributed by atoms with van der Waals surface area (Å²) in [4.78, 5) is 3.90. The third-order valence-corrected chi connectivity index (χ3v) is 2.36. The van der Waals surface area contributed by atoms with Gasteiger partial charge >= 0.3 is 0 Å². The number of aliphatic imine (C=N–C) groups is 1. The van der Waals surface area contributed by atoms with Crippen LogP contribution in [0.3, 0.4) is 0 Å². The Morgan fingerprint density at radius 2 is 2.08 bits per heavy atom. The van der Waals surface area contributed by atoms with Crippen LogP contribution in [0, 0.1) is 0 Å². The molecule has 0 aromatic carbocycles. The van der Waals surface area contributed by atoms with Crippen LogP contribution in [0.1, 0.15) is 26.2 Å². The van der Waals surface area contributed by atoms with Gasteiger partial charge in [-0.25, -0.2) is 4.99 Å². The van der Waals surface area contributed by atoms with Crippen LogP contribution in [0.15, 0.2) is 27.9 Å². The molecule has 0 fully saturated rings. The molecule has 66 valence electrons. The van der Waals surface area contributed by atoms with Crippen LogP contribution in [-0.4, -0.2) is 5.17 Å². The lowest BCUT2D eigenvalue weighted by Crippen LogP contribution is -1.92. The van der Waals surface area contributed by atoms with Crippen molar-refractivity contribution in [3.8, 4) is 0 Å². The Morgan fingerprint density at radius 3 is 2.50 bits per heavy atom.